The standard InChI is InChI=1S/C9H7F7N2O/c10-7(11)8(12,13)3-19-5-1-6(9(14,15)16)18-2-4(5)17/h1-2,7H,3,17H2. The van der Waals surface area contributed by atoms with E-state index < -0.39 is 42.3 Å². The molecule has 3 nitrogen and oxygen atoms in total. The summed E-state index contributed by atoms with van der Waals surface area (Å²) in [5.41, 5.74) is 3.24. The maximum Gasteiger partial charge on any atom is 0.433 e. The Labute approximate surface area is 102 Å². The van der Waals surface area contributed by atoms with E-state index in [1.165, 1.54) is 0 Å². The van der Waals surface area contributed by atoms with E-state index in [1.54, 1.807) is 0 Å². The summed E-state index contributed by atoms with van der Waals surface area (Å²) in [5.74, 6) is -5.28. The minimum Gasteiger partial charge on any atom is -0.485 e. The molecule has 0 amide bonds. The fourth-order valence-corrected chi connectivity index (χ4v) is 0.964. The summed E-state index contributed by atoms with van der Waals surface area (Å²) in [6.45, 7) is -1.80. The first-order valence-electron chi connectivity index (χ1n) is 4.65. The van der Waals surface area contributed by atoms with Gasteiger partial charge in [0.2, 0.25) is 0 Å². The summed E-state index contributed by atoms with van der Waals surface area (Å²) in [4.78, 5) is 2.92. The van der Waals surface area contributed by atoms with E-state index in [2.05, 4.69) is 9.72 Å². The molecule has 0 aliphatic heterocycles. The van der Waals surface area contributed by atoms with Gasteiger partial charge in [0.1, 0.15) is 11.4 Å². The van der Waals surface area contributed by atoms with Gasteiger partial charge < -0.3 is 10.5 Å². The first-order chi connectivity index (χ1) is 8.54. The van der Waals surface area contributed by atoms with Crippen molar-refractivity contribution in [2.75, 3.05) is 12.3 Å². The number of hydrogen-bond acceptors (Lipinski definition) is 3. The van der Waals surface area contributed by atoms with Gasteiger partial charge in [-0.15, -0.1) is 0 Å². The van der Waals surface area contributed by atoms with Crippen molar-refractivity contribution < 1.29 is 35.5 Å². The molecule has 10 heteroatoms. The number of rotatable bonds is 4. The second kappa shape index (κ2) is 5.10. The highest BCUT2D eigenvalue weighted by molar-refractivity contribution is 5.51. The van der Waals surface area contributed by atoms with Crippen LogP contribution in [-0.4, -0.2) is 23.9 Å². The molecule has 1 aromatic heterocycles. The molecule has 1 aromatic rings. The second-order valence-corrected chi connectivity index (χ2v) is 3.46. The third-order valence-electron chi connectivity index (χ3n) is 1.92. The SMILES string of the molecule is Nc1cnc(C(F)(F)F)cc1OCC(F)(F)C(F)F. The monoisotopic (exact) mass is 292 g/mol. The third-order valence-corrected chi connectivity index (χ3v) is 1.92. The number of aromatic nitrogens is 1. The lowest BCUT2D eigenvalue weighted by atomic mass is 10.3. The highest BCUT2D eigenvalue weighted by Gasteiger charge is 2.42. The first-order valence-corrected chi connectivity index (χ1v) is 4.65. The zero-order chi connectivity index (χ0) is 14.8. The summed E-state index contributed by atoms with van der Waals surface area (Å²) in [5, 5.41) is 0. The number of nitrogen functional groups attached to an aromatic ring is 1. The quantitative estimate of drug-likeness (QED) is 0.868. The highest BCUT2D eigenvalue weighted by atomic mass is 19.4. The fourth-order valence-electron chi connectivity index (χ4n) is 0.964. The topological polar surface area (TPSA) is 48.1 Å². The van der Waals surface area contributed by atoms with Crippen molar-refractivity contribution in [2.24, 2.45) is 0 Å². The van der Waals surface area contributed by atoms with Gasteiger partial charge in [-0.2, -0.15) is 22.0 Å². The Bertz CT molecular complexity index is 447. The molecule has 0 saturated carbocycles. The number of anilines is 1. The molecular weight excluding hydrogens is 285 g/mol. The number of hydrogen-bond donors (Lipinski definition) is 1. The summed E-state index contributed by atoms with van der Waals surface area (Å²) in [6.07, 6.45) is -8.30. The Hall–Kier alpha value is -1.74. The normalized spacial score (nSPS) is 12.8. The van der Waals surface area contributed by atoms with Gasteiger partial charge in [0.15, 0.2) is 6.61 Å². The van der Waals surface area contributed by atoms with Crippen molar-refractivity contribution in [3.05, 3.63) is 18.0 Å². The lowest BCUT2D eigenvalue weighted by Crippen LogP contribution is -2.34. The average molecular weight is 292 g/mol. The molecule has 1 heterocycles. The molecule has 1 rings (SSSR count). The van der Waals surface area contributed by atoms with Crippen LogP contribution in [0.4, 0.5) is 36.4 Å². The van der Waals surface area contributed by atoms with Crippen LogP contribution < -0.4 is 10.5 Å². The van der Waals surface area contributed by atoms with Crippen molar-refractivity contribution in [3.8, 4) is 5.75 Å². The summed E-state index contributed by atoms with van der Waals surface area (Å²) < 4.78 is 89.8. The zero-order valence-corrected chi connectivity index (χ0v) is 9.02. The minimum absolute atomic E-state index is 0.261. The number of pyridine rings is 1. The number of halogens is 7. The fraction of sp³-hybridized carbons (Fsp3) is 0.444. The predicted molar refractivity (Wildman–Crippen MR) is 50.1 cm³/mol. The molecule has 0 aliphatic carbocycles. The molecular formula is C9H7F7N2O. The summed E-state index contributed by atoms with van der Waals surface area (Å²) >= 11 is 0. The van der Waals surface area contributed by atoms with Crippen molar-refractivity contribution >= 4 is 5.69 Å². The van der Waals surface area contributed by atoms with Crippen LogP contribution in [0.2, 0.25) is 0 Å². The summed E-state index contributed by atoms with van der Waals surface area (Å²) in [6, 6.07) is 0.261. The van der Waals surface area contributed by atoms with Gasteiger partial charge in [-0.3, -0.25) is 0 Å². The number of nitrogens with zero attached hydrogens (tertiary/aromatic N) is 1. The van der Waals surface area contributed by atoms with E-state index in [0.29, 0.717) is 6.20 Å². The molecule has 0 spiro atoms. The molecule has 108 valence electrons. The van der Waals surface area contributed by atoms with Gasteiger partial charge >= 0.3 is 18.5 Å². The van der Waals surface area contributed by atoms with Crippen LogP contribution in [0.3, 0.4) is 0 Å². The van der Waals surface area contributed by atoms with E-state index in [1.807, 2.05) is 0 Å². The Kier molecular flexibility index (Phi) is 4.11. The highest BCUT2D eigenvalue weighted by Crippen LogP contribution is 2.33. The molecule has 2 N–H and O–H groups in total. The van der Waals surface area contributed by atoms with Crippen LogP contribution in [0.25, 0.3) is 0 Å². The van der Waals surface area contributed by atoms with Crippen LogP contribution in [0.1, 0.15) is 5.69 Å². The maximum absolute atomic E-state index is 12.5. The Morgan fingerprint density at radius 3 is 2.26 bits per heavy atom. The van der Waals surface area contributed by atoms with Gasteiger partial charge in [0.25, 0.3) is 0 Å². The molecule has 19 heavy (non-hydrogen) atoms. The second-order valence-electron chi connectivity index (χ2n) is 3.46. The van der Waals surface area contributed by atoms with Gasteiger partial charge in [0.05, 0.1) is 11.9 Å². The first kappa shape index (κ1) is 15.3. The van der Waals surface area contributed by atoms with Crippen molar-refractivity contribution in [2.45, 2.75) is 18.5 Å². The Balaban J connectivity index is 2.90. The minimum atomic E-state index is -4.84. The lowest BCUT2D eigenvalue weighted by Gasteiger charge is -2.17. The molecule has 0 saturated heterocycles. The van der Waals surface area contributed by atoms with Crippen LogP contribution in [-0.2, 0) is 6.18 Å². The predicted octanol–water partition coefficient (Wildman–Crippen LogP) is 2.96. The molecule has 0 fully saturated rings. The lowest BCUT2D eigenvalue weighted by molar-refractivity contribution is -0.148. The summed E-state index contributed by atoms with van der Waals surface area (Å²) in [7, 11) is 0. The van der Waals surface area contributed by atoms with Gasteiger partial charge in [-0.1, -0.05) is 0 Å². The number of nitrogens with two attached hydrogens (primary N) is 1. The van der Waals surface area contributed by atoms with Gasteiger partial charge in [0, 0.05) is 6.07 Å². The molecule has 0 bridgehead atoms. The van der Waals surface area contributed by atoms with E-state index in [9.17, 15) is 30.7 Å². The van der Waals surface area contributed by atoms with Crippen molar-refractivity contribution in [1.29, 1.82) is 0 Å². The maximum atomic E-state index is 12.5. The zero-order valence-electron chi connectivity index (χ0n) is 9.02. The van der Waals surface area contributed by atoms with Gasteiger partial charge in [-0.05, 0) is 0 Å². The van der Waals surface area contributed by atoms with Gasteiger partial charge in [-0.25, -0.2) is 13.8 Å². The molecule has 0 unspecified atom stereocenters. The van der Waals surface area contributed by atoms with Crippen molar-refractivity contribution in [3.63, 3.8) is 0 Å². The molecule has 0 aromatic carbocycles. The van der Waals surface area contributed by atoms with E-state index >= 15 is 0 Å². The van der Waals surface area contributed by atoms with Crippen LogP contribution in [0, 0.1) is 0 Å². The molecule has 0 aliphatic rings. The average Bonchev–Trinajstić information content (AvgIpc) is 2.26. The third kappa shape index (κ3) is 3.86. The van der Waals surface area contributed by atoms with E-state index in [4.69, 9.17) is 5.73 Å². The van der Waals surface area contributed by atoms with Crippen LogP contribution in [0.15, 0.2) is 12.3 Å². The van der Waals surface area contributed by atoms with Crippen LogP contribution >= 0.6 is 0 Å². The van der Waals surface area contributed by atoms with Crippen LogP contribution in [0.5, 0.6) is 5.75 Å². The largest absolute Gasteiger partial charge is 0.485 e. The number of alkyl halides is 7. The van der Waals surface area contributed by atoms with E-state index in [0.717, 1.165) is 0 Å². The van der Waals surface area contributed by atoms with Crippen molar-refractivity contribution in [1.82, 2.24) is 4.98 Å². The Morgan fingerprint density at radius 2 is 1.79 bits per heavy atom. The smallest absolute Gasteiger partial charge is 0.433 e. The molecule has 0 radical (unpaired) electrons. The molecule has 0 atom stereocenters. The Morgan fingerprint density at radius 1 is 1.21 bits per heavy atom. The van der Waals surface area contributed by atoms with E-state index in [-0.39, 0.29) is 6.07 Å². The number of ether oxygens (including phenoxy) is 1.